The maximum absolute atomic E-state index is 11.1. The Morgan fingerprint density at radius 1 is 1.41 bits per heavy atom. The van der Waals surface area contributed by atoms with Gasteiger partial charge >= 0.3 is 13.8 Å². The minimum Gasteiger partial charge on any atom is -0.463 e. The number of aliphatic hydroxyl groups is 1. The van der Waals surface area contributed by atoms with Crippen LogP contribution in [0.4, 0.5) is 0 Å². The van der Waals surface area contributed by atoms with Gasteiger partial charge in [-0.3, -0.25) is 13.8 Å². The molecule has 0 spiro atoms. The molecular weight excluding hydrogens is 253 g/mol. The van der Waals surface area contributed by atoms with Crippen LogP contribution >= 0.6 is 7.82 Å². The van der Waals surface area contributed by atoms with E-state index in [9.17, 15) is 14.5 Å². The van der Waals surface area contributed by atoms with E-state index >= 15 is 0 Å². The van der Waals surface area contributed by atoms with Crippen LogP contribution in [0, 0.1) is 0 Å². The molecule has 17 heavy (non-hydrogen) atoms. The number of rotatable bonds is 9. The zero-order chi connectivity index (χ0) is 13.3. The highest BCUT2D eigenvalue weighted by Gasteiger charge is 2.22. The molecule has 0 aliphatic carbocycles. The van der Waals surface area contributed by atoms with Gasteiger partial charge in [0.1, 0.15) is 12.7 Å². The summed E-state index contributed by atoms with van der Waals surface area (Å²) in [5, 5.41) is 9.27. The Hall–Kier alpha value is -0.500. The molecule has 2 atom stereocenters. The topological polar surface area (TPSA) is 128 Å². The van der Waals surface area contributed by atoms with Crippen molar-refractivity contribution >= 4 is 13.8 Å². The number of hydrogen-bond donors (Lipinski definition) is 3. The van der Waals surface area contributed by atoms with Gasteiger partial charge in [0, 0.05) is 13.0 Å². The predicted octanol–water partition coefficient (Wildman–Crippen LogP) is -0.607. The molecule has 2 unspecified atom stereocenters. The standard InChI is InChI=1S/C8H18NO7P/c1-2-8(11)14-5-7(10)6-16-17(12,13)15-4-3-9/h7,10H,2-6,9H2,1H3,(H,12,13). The first-order valence-corrected chi connectivity index (χ1v) is 6.56. The molecule has 0 saturated carbocycles. The van der Waals surface area contributed by atoms with Gasteiger partial charge in [-0.1, -0.05) is 6.92 Å². The monoisotopic (exact) mass is 271 g/mol. The molecule has 0 aliphatic heterocycles. The van der Waals surface area contributed by atoms with E-state index in [-0.39, 0.29) is 26.2 Å². The molecule has 0 aromatic carbocycles. The van der Waals surface area contributed by atoms with E-state index in [2.05, 4.69) is 13.8 Å². The summed E-state index contributed by atoms with van der Waals surface area (Å²) in [4.78, 5) is 19.8. The van der Waals surface area contributed by atoms with Crippen molar-refractivity contribution < 1.29 is 33.1 Å². The molecule has 8 nitrogen and oxygen atoms in total. The summed E-state index contributed by atoms with van der Waals surface area (Å²) in [5.74, 6) is -0.476. The molecule has 0 aromatic rings. The predicted molar refractivity (Wildman–Crippen MR) is 58.0 cm³/mol. The summed E-state index contributed by atoms with van der Waals surface area (Å²) in [6.45, 7) is 0.770. The van der Waals surface area contributed by atoms with Crippen LogP contribution in [0.25, 0.3) is 0 Å². The molecule has 0 fully saturated rings. The molecule has 4 N–H and O–H groups in total. The van der Waals surface area contributed by atoms with E-state index in [4.69, 9.17) is 10.6 Å². The average molecular weight is 271 g/mol. The van der Waals surface area contributed by atoms with E-state index in [0.717, 1.165) is 0 Å². The lowest BCUT2D eigenvalue weighted by Crippen LogP contribution is -2.23. The van der Waals surface area contributed by atoms with Crippen LogP contribution in [0.2, 0.25) is 0 Å². The zero-order valence-electron chi connectivity index (χ0n) is 9.57. The molecular formula is C8H18NO7P. The molecule has 0 heterocycles. The summed E-state index contributed by atoms with van der Waals surface area (Å²) >= 11 is 0. The van der Waals surface area contributed by atoms with Crippen LogP contribution in [0.3, 0.4) is 0 Å². The van der Waals surface area contributed by atoms with Crippen LogP contribution < -0.4 is 5.73 Å². The van der Waals surface area contributed by atoms with Gasteiger partial charge in [-0.25, -0.2) is 4.57 Å². The number of phosphoric acid groups is 1. The van der Waals surface area contributed by atoms with Crippen LogP contribution in [0.5, 0.6) is 0 Å². The van der Waals surface area contributed by atoms with Gasteiger partial charge in [-0.05, 0) is 0 Å². The van der Waals surface area contributed by atoms with Gasteiger partial charge in [-0.15, -0.1) is 0 Å². The fourth-order valence-corrected chi connectivity index (χ4v) is 1.50. The zero-order valence-corrected chi connectivity index (χ0v) is 10.5. The SMILES string of the molecule is CCC(=O)OCC(O)COP(=O)(O)OCCN. The van der Waals surface area contributed by atoms with Crippen molar-refractivity contribution in [2.75, 3.05) is 26.4 Å². The van der Waals surface area contributed by atoms with E-state index in [1.54, 1.807) is 6.92 Å². The number of ether oxygens (including phenoxy) is 1. The van der Waals surface area contributed by atoms with Gasteiger partial charge in [-0.2, -0.15) is 0 Å². The second-order valence-electron chi connectivity index (χ2n) is 3.08. The molecule has 0 rings (SSSR count). The third kappa shape index (κ3) is 9.22. The minimum absolute atomic E-state index is 0.0740. The number of nitrogens with two attached hydrogens (primary N) is 1. The summed E-state index contributed by atoms with van der Waals surface area (Å²) < 4.78 is 24.6. The maximum atomic E-state index is 11.1. The number of aliphatic hydroxyl groups excluding tert-OH is 1. The molecule has 0 amide bonds. The highest BCUT2D eigenvalue weighted by molar-refractivity contribution is 7.47. The largest absolute Gasteiger partial charge is 0.472 e. The highest BCUT2D eigenvalue weighted by Crippen LogP contribution is 2.42. The van der Waals surface area contributed by atoms with E-state index in [0.29, 0.717) is 0 Å². The average Bonchev–Trinajstić information content (AvgIpc) is 2.31. The molecule has 9 heteroatoms. The third-order valence-corrected chi connectivity index (χ3v) is 2.51. The summed E-state index contributed by atoms with van der Waals surface area (Å²) in [5.41, 5.74) is 5.07. The first kappa shape index (κ1) is 16.5. The number of esters is 1. The van der Waals surface area contributed by atoms with Gasteiger partial charge in [0.15, 0.2) is 0 Å². The summed E-state index contributed by atoms with van der Waals surface area (Å²) in [7, 11) is -4.20. The Morgan fingerprint density at radius 3 is 2.59 bits per heavy atom. The van der Waals surface area contributed by atoms with Gasteiger partial charge in [0.05, 0.1) is 13.2 Å². The molecule has 102 valence electrons. The minimum atomic E-state index is -4.20. The summed E-state index contributed by atoms with van der Waals surface area (Å²) in [6, 6.07) is 0. The second-order valence-corrected chi connectivity index (χ2v) is 4.53. The van der Waals surface area contributed by atoms with Gasteiger partial charge in [0.2, 0.25) is 0 Å². The van der Waals surface area contributed by atoms with E-state index in [1.165, 1.54) is 0 Å². The third-order valence-electron chi connectivity index (χ3n) is 1.53. The normalized spacial score (nSPS) is 16.2. The van der Waals surface area contributed by atoms with E-state index in [1.807, 2.05) is 0 Å². The first-order chi connectivity index (χ1) is 7.91. The maximum Gasteiger partial charge on any atom is 0.472 e. The van der Waals surface area contributed by atoms with E-state index < -0.39 is 26.5 Å². The van der Waals surface area contributed by atoms with Crippen LogP contribution in [0.1, 0.15) is 13.3 Å². The number of carbonyl (C=O) groups excluding carboxylic acids is 1. The van der Waals surface area contributed by atoms with Gasteiger partial charge in [0.25, 0.3) is 0 Å². The number of hydrogen-bond acceptors (Lipinski definition) is 7. The van der Waals surface area contributed by atoms with Crippen molar-refractivity contribution in [3.05, 3.63) is 0 Å². The first-order valence-electron chi connectivity index (χ1n) is 5.07. The van der Waals surface area contributed by atoms with Crippen molar-refractivity contribution in [1.29, 1.82) is 0 Å². The molecule has 0 aliphatic rings. The smallest absolute Gasteiger partial charge is 0.463 e. The molecule has 0 bridgehead atoms. The number of carbonyl (C=O) groups is 1. The Morgan fingerprint density at radius 2 is 2.06 bits per heavy atom. The van der Waals surface area contributed by atoms with Crippen molar-refractivity contribution in [2.45, 2.75) is 19.4 Å². The Kier molecular flexibility index (Phi) is 8.32. The van der Waals surface area contributed by atoms with Crippen LogP contribution in [-0.2, 0) is 23.1 Å². The van der Waals surface area contributed by atoms with Crippen LogP contribution in [0.15, 0.2) is 0 Å². The lowest BCUT2D eigenvalue weighted by Gasteiger charge is -2.14. The van der Waals surface area contributed by atoms with Crippen LogP contribution in [-0.4, -0.2) is 48.4 Å². The lowest BCUT2D eigenvalue weighted by molar-refractivity contribution is -0.146. The van der Waals surface area contributed by atoms with Crippen molar-refractivity contribution in [2.24, 2.45) is 5.73 Å². The summed E-state index contributed by atoms with van der Waals surface area (Å²) in [6.07, 6.45) is -1.00. The molecule has 0 saturated heterocycles. The fourth-order valence-electron chi connectivity index (χ4n) is 0.725. The fraction of sp³-hybridized carbons (Fsp3) is 0.875. The lowest BCUT2D eigenvalue weighted by atomic mass is 10.4. The molecule has 0 radical (unpaired) electrons. The Balaban J connectivity index is 3.78. The van der Waals surface area contributed by atoms with Crippen molar-refractivity contribution in [3.8, 4) is 0 Å². The Bertz CT molecular complexity index is 273. The van der Waals surface area contributed by atoms with Crippen molar-refractivity contribution in [1.82, 2.24) is 0 Å². The van der Waals surface area contributed by atoms with Crippen molar-refractivity contribution in [3.63, 3.8) is 0 Å². The van der Waals surface area contributed by atoms with Gasteiger partial charge < -0.3 is 20.5 Å². The molecule has 0 aromatic heterocycles. The highest BCUT2D eigenvalue weighted by atomic mass is 31.2. The second kappa shape index (κ2) is 8.57. The quantitative estimate of drug-likeness (QED) is 0.374. The number of phosphoric ester groups is 1. The Labute approximate surface area is 99.3 Å².